The van der Waals surface area contributed by atoms with Gasteiger partial charge in [-0.2, -0.15) is 13.2 Å². The SMILES string of the molecule is CN1CC[C@@H](Oc2cc(NS(=O)(=O)c3ccc4c(c3)CCCC4)ccc2C(F)(F)F)C1. The number of alkyl halides is 3. The molecule has 0 bridgehead atoms. The van der Waals surface area contributed by atoms with Gasteiger partial charge in [0.2, 0.25) is 0 Å². The van der Waals surface area contributed by atoms with Crippen molar-refractivity contribution in [1.82, 2.24) is 4.90 Å². The van der Waals surface area contributed by atoms with E-state index in [9.17, 15) is 21.6 Å². The minimum absolute atomic E-state index is 0.0343. The van der Waals surface area contributed by atoms with Gasteiger partial charge in [-0.25, -0.2) is 8.42 Å². The van der Waals surface area contributed by atoms with E-state index in [1.165, 1.54) is 0 Å². The first-order chi connectivity index (χ1) is 14.6. The van der Waals surface area contributed by atoms with Crippen LogP contribution >= 0.6 is 0 Å². The molecule has 0 amide bonds. The Bertz CT molecular complexity index is 1070. The molecule has 1 atom stereocenters. The summed E-state index contributed by atoms with van der Waals surface area (Å²) in [6, 6.07) is 8.12. The molecule has 1 saturated heterocycles. The molecule has 4 rings (SSSR count). The maximum Gasteiger partial charge on any atom is 0.419 e. The molecule has 2 aromatic rings. The number of likely N-dealkylation sites (N-methyl/N-ethyl adjacent to an activating group) is 1. The Hall–Kier alpha value is -2.26. The quantitative estimate of drug-likeness (QED) is 0.725. The van der Waals surface area contributed by atoms with E-state index in [1.54, 1.807) is 12.1 Å². The molecule has 1 aliphatic heterocycles. The molecule has 0 saturated carbocycles. The summed E-state index contributed by atoms with van der Waals surface area (Å²) in [4.78, 5) is 2.08. The number of rotatable bonds is 5. The van der Waals surface area contributed by atoms with Crippen molar-refractivity contribution in [2.24, 2.45) is 0 Å². The van der Waals surface area contributed by atoms with E-state index in [1.807, 2.05) is 18.0 Å². The van der Waals surface area contributed by atoms with Gasteiger partial charge in [0.05, 0.1) is 16.1 Å². The zero-order chi connectivity index (χ0) is 22.2. The minimum Gasteiger partial charge on any atom is -0.488 e. The molecule has 5 nitrogen and oxygen atoms in total. The third-order valence-corrected chi connectivity index (χ3v) is 7.19. The van der Waals surface area contributed by atoms with Crippen LogP contribution in [0.4, 0.5) is 18.9 Å². The fourth-order valence-electron chi connectivity index (χ4n) is 4.18. The number of likely N-dealkylation sites (tertiary alicyclic amines) is 1. The molecule has 2 aromatic carbocycles. The van der Waals surface area contributed by atoms with Crippen molar-refractivity contribution in [2.45, 2.75) is 49.3 Å². The molecular formula is C22H25F3N2O3S. The maximum atomic E-state index is 13.5. The average molecular weight is 455 g/mol. The number of halogens is 3. The summed E-state index contributed by atoms with van der Waals surface area (Å²) in [6.45, 7) is 1.25. The van der Waals surface area contributed by atoms with Gasteiger partial charge in [-0.15, -0.1) is 0 Å². The number of anilines is 1. The van der Waals surface area contributed by atoms with Gasteiger partial charge in [0, 0.05) is 19.2 Å². The topological polar surface area (TPSA) is 58.6 Å². The van der Waals surface area contributed by atoms with Crippen LogP contribution in [0.1, 0.15) is 36.0 Å². The Balaban J connectivity index is 1.61. The van der Waals surface area contributed by atoms with Crippen LogP contribution in [0, 0.1) is 0 Å². The van der Waals surface area contributed by atoms with Gasteiger partial charge in [0.1, 0.15) is 11.9 Å². The van der Waals surface area contributed by atoms with Gasteiger partial charge in [-0.1, -0.05) is 6.07 Å². The van der Waals surface area contributed by atoms with Crippen molar-refractivity contribution < 1.29 is 26.3 Å². The lowest BCUT2D eigenvalue weighted by atomic mass is 9.92. The monoisotopic (exact) mass is 454 g/mol. The van der Waals surface area contributed by atoms with Crippen LogP contribution in [0.5, 0.6) is 5.75 Å². The van der Waals surface area contributed by atoms with E-state index in [2.05, 4.69) is 4.72 Å². The van der Waals surface area contributed by atoms with Gasteiger partial charge in [-0.3, -0.25) is 4.72 Å². The summed E-state index contributed by atoms with van der Waals surface area (Å²) < 4.78 is 74.2. The van der Waals surface area contributed by atoms with Crippen molar-refractivity contribution in [1.29, 1.82) is 0 Å². The third-order valence-electron chi connectivity index (χ3n) is 5.81. The second kappa shape index (κ2) is 8.35. The summed E-state index contributed by atoms with van der Waals surface area (Å²) >= 11 is 0. The van der Waals surface area contributed by atoms with E-state index in [0.717, 1.165) is 61.6 Å². The Morgan fingerprint density at radius 3 is 2.48 bits per heavy atom. The normalized spacial score (nSPS) is 19.8. The zero-order valence-electron chi connectivity index (χ0n) is 17.2. The lowest BCUT2D eigenvalue weighted by Gasteiger charge is -2.20. The predicted octanol–water partition coefficient (Wildman–Crippen LogP) is 4.47. The first-order valence-corrected chi connectivity index (χ1v) is 11.8. The van der Waals surface area contributed by atoms with Crippen molar-refractivity contribution >= 4 is 15.7 Å². The summed E-state index contributed by atoms with van der Waals surface area (Å²) in [5.74, 6) is -0.363. The second-order valence-electron chi connectivity index (χ2n) is 8.24. The molecule has 31 heavy (non-hydrogen) atoms. The molecule has 168 valence electrons. The fraction of sp³-hybridized carbons (Fsp3) is 0.455. The molecule has 0 radical (unpaired) electrons. The number of nitrogens with one attached hydrogen (secondary N) is 1. The lowest BCUT2D eigenvalue weighted by molar-refractivity contribution is -0.139. The number of hydrogen-bond donors (Lipinski definition) is 1. The number of hydrogen-bond acceptors (Lipinski definition) is 4. The molecule has 9 heteroatoms. The summed E-state index contributed by atoms with van der Waals surface area (Å²) in [5.41, 5.74) is 1.28. The van der Waals surface area contributed by atoms with Gasteiger partial charge in [0.25, 0.3) is 10.0 Å². The highest BCUT2D eigenvalue weighted by atomic mass is 32.2. The summed E-state index contributed by atoms with van der Waals surface area (Å²) in [6.07, 6.45) is -0.512. The van der Waals surface area contributed by atoms with E-state index in [0.29, 0.717) is 13.0 Å². The highest BCUT2D eigenvalue weighted by molar-refractivity contribution is 7.92. The number of aryl methyl sites for hydroxylation is 2. The van der Waals surface area contributed by atoms with Crippen molar-refractivity contribution in [3.8, 4) is 5.75 Å². The molecule has 1 heterocycles. The highest BCUT2D eigenvalue weighted by Crippen LogP contribution is 2.39. The smallest absolute Gasteiger partial charge is 0.419 e. The molecule has 0 spiro atoms. The van der Waals surface area contributed by atoms with Crippen LogP contribution in [0.2, 0.25) is 0 Å². The van der Waals surface area contributed by atoms with Crippen LogP contribution in [0.3, 0.4) is 0 Å². The number of fused-ring (bicyclic) bond motifs is 1. The Labute approximate surface area is 180 Å². The molecule has 0 aromatic heterocycles. The fourth-order valence-corrected chi connectivity index (χ4v) is 5.28. The van der Waals surface area contributed by atoms with Gasteiger partial charge < -0.3 is 9.64 Å². The second-order valence-corrected chi connectivity index (χ2v) is 9.93. The predicted molar refractivity (Wildman–Crippen MR) is 112 cm³/mol. The first-order valence-electron chi connectivity index (χ1n) is 10.3. The van der Waals surface area contributed by atoms with Gasteiger partial charge in [-0.05, 0) is 74.5 Å². The summed E-state index contributed by atoms with van der Waals surface area (Å²) in [7, 11) is -2.07. The largest absolute Gasteiger partial charge is 0.488 e. The van der Waals surface area contributed by atoms with Crippen molar-refractivity contribution in [3.05, 3.63) is 53.1 Å². The van der Waals surface area contributed by atoms with E-state index < -0.39 is 21.8 Å². The average Bonchev–Trinajstić information content (AvgIpc) is 3.11. The molecule has 2 aliphatic rings. The van der Waals surface area contributed by atoms with E-state index >= 15 is 0 Å². The third kappa shape index (κ3) is 4.98. The van der Waals surface area contributed by atoms with Crippen molar-refractivity contribution in [2.75, 3.05) is 24.9 Å². The standard InChI is InChI=1S/C22H25F3N2O3S/c1-27-11-10-18(14-27)30-21-13-17(7-9-20(21)22(23,24)25)26-31(28,29)19-8-6-15-4-2-3-5-16(15)12-19/h6-9,12-13,18,26H,2-5,10-11,14H2,1H3/t18-/m1/s1. The number of sulfonamides is 1. The minimum atomic E-state index is -4.60. The molecule has 0 unspecified atom stereocenters. The van der Waals surface area contributed by atoms with Crippen LogP contribution in [0.25, 0.3) is 0 Å². The number of ether oxygens (including phenoxy) is 1. The van der Waals surface area contributed by atoms with Crippen LogP contribution < -0.4 is 9.46 Å². The van der Waals surface area contributed by atoms with Gasteiger partial charge in [0.15, 0.2) is 0 Å². The highest BCUT2D eigenvalue weighted by Gasteiger charge is 2.36. The summed E-state index contributed by atoms with van der Waals surface area (Å²) in [5, 5.41) is 0. The molecule has 1 fully saturated rings. The van der Waals surface area contributed by atoms with E-state index in [4.69, 9.17) is 4.74 Å². The van der Waals surface area contributed by atoms with Crippen LogP contribution in [0.15, 0.2) is 41.3 Å². The maximum absolute atomic E-state index is 13.5. The molecular weight excluding hydrogens is 429 g/mol. The zero-order valence-corrected chi connectivity index (χ0v) is 18.0. The Morgan fingerprint density at radius 1 is 1.06 bits per heavy atom. The molecule has 1 aliphatic carbocycles. The number of nitrogens with zero attached hydrogens (tertiary/aromatic N) is 1. The number of benzene rings is 2. The van der Waals surface area contributed by atoms with Crippen molar-refractivity contribution in [3.63, 3.8) is 0 Å². The Kier molecular flexibility index (Phi) is 5.91. The lowest BCUT2D eigenvalue weighted by Crippen LogP contribution is -2.23. The first kappa shape index (κ1) is 22.0. The Morgan fingerprint density at radius 2 is 1.81 bits per heavy atom. The van der Waals surface area contributed by atoms with Crippen LogP contribution in [-0.4, -0.2) is 39.6 Å². The van der Waals surface area contributed by atoms with E-state index in [-0.39, 0.29) is 22.4 Å². The molecule has 1 N–H and O–H groups in total. The van der Waals surface area contributed by atoms with Crippen LogP contribution in [-0.2, 0) is 29.0 Å². The van der Waals surface area contributed by atoms with Gasteiger partial charge >= 0.3 is 6.18 Å².